The molecule has 0 aliphatic carbocycles. The van der Waals surface area contributed by atoms with Gasteiger partial charge in [-0.1, -0.05) is 0 Å². The summed E-state index contributed by atoms with van der Waals surface area (Å²) >= 11 is 5.16. The molecule has 0 unspecified atom stereocenters. The van der Waals surface area contributed by atoms with E-state index in [-0.39, 0.29) is 6.09 Å². The molecule has 1 heterocycles. The third-order valence-corrected chi connectivity index (χ3v) is 3.75. The molecule has 0 aromatic carbocycles. The lowest BCUT2D eigenvalue weighted by molar-refractivity contribution is 0.0527. The van der Waals surface area contributed by atoms with Crippen LogP contribution in [0, 0.1) is 0 Å². The van der Waals surface area contributed by atoms with Crippen molar-refractivity contribution in [1.29, 1.82) is 0 Å². The van der Waals surface area contributed by atoms with Gasteiger partial charge in [-0.25, -0.2) is 4.79 Å². The Labute approximate surface area is 127 Å². The minimum absolute atomic E-state index is 0.352. The Hall–Kier alpha value is -0.590. The fourth-order valence-electron chi connectivity index (χ4n) is 1.38. The SMILES string of the molecule is CC(C)(C)OC(=O)NCCCNCc1ccc(Br)s1. The average Bonchev–Trinajstić information content (AvgIpc) is 2.67. The first-order valence-corrected chi connectivity index (χ1v) is 7.89. The summed E-state index contributed by atoms with van der Waals surface area (Å²) < 4.78 is 6.29. The molecule has 0 spiro atoms. The Kier molecular flexibility index (Phi) is 6.82. The van der Waals surface area contributed by atoms with Gasteiger partial charge in [-0.3, -0.25) is 0 Å². The number of amides is 1. The zero-order chi connectivity index (χ0) is 14.3. The van der Waals surface area contributed by atoms with Gasteiger partial charge in [-0.15, -0.1) is 11.3 Å². The van der Waals surface area contributed by atoms with Gasteiger partial charge in [0.25, 0.3) is 0 Å². The van der Waals surface area contributed by atoms with Crippen molar-refractivity contribution in [3.8, 4) is 0 Å². The number of alkyl carbamates (subject to hydrolysis) is 1. The van der Waals surface area contributed by atoms with Crippen LogP contribution >= 0.6 is 27.3 Å². The number of halogens is 1. The summed E-state index contributed by atoms with van der Waals surface area (Å²) in [4.78, 5) is 12.7. The van der Waals surface area contributed by atoms with Crippen molar-refractivity contribution in [3.05, 3.63) is 20.8 Å². The summed E-state index contributed by atoms with van der Waals surface area (Å²) in [6.45, 7) is 7.91. The third-order valence-electron chi connectivity index (χ3n) is 2.13. The largest absolute Gasteiger partial charge is 0.444 e. The van der Waals surface area contributed by atoms with E-state index >= 15 is 0 Å². The molecule has 0 aliphatic heterocycles. The highest BCUT2D eigenvalue weighted by molar-refractivity contribution is 9.11. The van der Waals surface area contributed by atoms with Crippen molar-refractivity contribution in [2.75, 3.05) is 13.1 Å². The lowest BCUT2D eigenvalue weighted by Gasteiger charge is -2.19. The molecule has 1 aromatic rings. The molecule has 1 amide bonds. The fourth-order valence-corrected chi connectivity index (χ4v) is 2.83. The lowest BCUT2D eigenvalue weighted by atomic mass is 10.2. The Bertz CT molecular complexity index is 402. The average molecular weight is 349 g/mol. The van der Waals surface area contributed by atoms with E-state index in [1.165, 1.54) is 4.88 Å². The minimum Gasteiger partial charge on any atom is -0.444 e. The molecule has 0 bridgehead atoms. The predicted molar refractivity (Wildman–Crippen MR) is 82.6 cm³/mol. The van der Waals surface area contributed by atoms with E-state index in [0.717, 1.165) is 23.3 Å². The number of rotatable bonds is 6. The van der Waals surface area contributed by atoms with Crippen molar-refractivity contribution in [2.45, 2.75) is 39.3 Å². The second kappa shape index (κ2) is 7.87. The Morgan fingerprint density at radius 1 is 1.37 bits per heavy atom. The zero-order valence-electron chi connectivity index (χ0n) is 11.6. The number of thiophene rings is 1. The molecule has 6 heteroatoms. The monoisotopic (exact) mass is 348 g/mol. The van der Waals surface area contributed by atoms with Crippen LogP contribution < -0.4 is 10.6 Å². The van der Waals surface area contributed by atoms with Crippen molar-refractivity contribution >= 4 is 33.4 Å². The van der Waals surface area contributed by atoms with Crippen molar-refractivity contribution < 1.29 is 9.53 Å². The highest BCUT2D eigenvalue weighted by atomic mass is 79.9. The quantitative estimate of drug-likeness (QED) is 0.773. The summed E-state index contributed by atoms with van der Waals surface area (Å²) in [6.07, 6.45) is 0.529. The van der Waals surface area contributed by atoms with E-state index in [2.05, 4.69) is 32.6 Å². The molecule has 0 saturated carbocycles. The summed E-state index contributed by atoms with van der Waals surface area (Å²) in [5, 5.41) is 6.07. The van der Waals surface area contributed by atoms with Crippen LogP contribution in [0.25, 0.3) is 0 Å². The molecule has 0 saturated heterocycles. The van der Waals surface area contributed by atoms with Gasteiger partial charge in [-0.05, 0) is 61.8 Å². The molecule has 4 nitrogen and oxygen atoms in total. The first kappa shape index (κ1) is 16.5. The third kappa shape index (κ3) is 8.23. The maximum atomic E-state index is 11.4. The van der Waals surface area contributed by atoms with Gasteiger partial charge in [-0.2, -0.15) is 0 Å². The number of carbonyl (C=O) groups is 1. The molecule has 19 heavy (non-hydrogen) atoms. The van der Waals surface area contributed by atoms with Crippen LogP contribution in [0.2, 0.25) is 0 Å². The smallest absolute Gasteiger partial charge is 0.407 e. The van der Waals surface area contributed by atoms with E-state index in [4.69, 9.17) is 4.74 Å². The van der Waals surface area contributed by atoms with Crippen molar-refractivity contribution in [1.82, 2.24) is 10.6 Å². The van der Waals surface area contributed by atoms with Gasteiger partial charge in [0.1, 0.15) is 5.60 Å². The predicted octanol–water partition coefficient (Wildman–Crippen LogP) is 3.52. The number of hydrogen-bond acceptors (Lipinski definition) is 4. The van der Waals surface area contributed by atoms with E-state index in [9.17, 15) is 4.79 Å². The van der Waals surface area contributed by atoms with Crippen LogP contribution in [0.1, 0.15) is 32.1 Å². The molecule has 108 valence electrons. The molecule has 1 rings (SSSR count). The van der Waals surface area contributed by atoms with E-state index in [1.807, 2.05) is 26.8 Å². The standard InChI is InChI=1S/C13H21BrN2O2S/c1-13(2,3)18-12(17)16-8-4-7-15-9-10-5-6-11(14)19-10/h5-6,15H,4,7-9H2,1-3H3,(H,16,17). The van der Waals surface area contributed by atoms with Gasteiger partial charge >= 0.3 is 6.09 Å². The van der Waals surface area contributed by atoms with Crippen LogP contribution in [0.4, 0.5) is 4.79 Å². The van der Waals surface area contributed by atoms with Crippen LogP contribution in [0.15, 0.2) is 15.9 Å². The number of carbonyl (C=O) groups excluding carboxylic acids is 1. The van der Waals surface area contributed by atoms with Gasteiger partial charge in [0, 0.05) is 18.0 Å². The normalized spacial score (nSPS) is 11.4. The van der Waals surface area contributed by atoms with Gasteiger partial charge in [0.2, 0.25) is 0 Å². The zero-order valence-corrected chi connectivity index (χ0v) is 14.0. The maximum Gasteiger partial charge on any atom is 0.407 e. The second-order valence-corrected chi connectivity index (χ2v) is 7.71. The number of nitrogens with one attached hydrogen (secondary N) is 2. The fraction of sp³-hybridized carbons (Fsp3) is 0.615. The van der Waals surface area contributed by atoms with Crippen molar-refractivity contribution in [2.24, 2.45) is 0 Å². The van der Waals surface area contributed by atoms with Crippen LogP contribution in [-0.4, -0.2) is 24.8 Å². The van der Waals surface area contributed by atoms with Gasteiger partial charge in [0.05, 0.1) is 3.79 Å². The molecular formula is C13H21BrN2O2S. The molecule has 0 fully saturated rings. The highest BCUT2D eigenvalue weighted by Crippen LogP contribution is 2.21. The van der Waals surface area contributed by atoms with Crippen LogP contribution in [-0.2, 0) is 11.3 Å². The first-order valence-electron chi connectivity index (χ1n) is 6.28. The minimum atomic E-state index is -0.436. The molecule has 0 aliphatic rings. The molecule has 0 radical (unpaired) electrons. The summed E-state index contributed by atoms with van der Waals surface area (Å²) in [5.41, 5.74) is -0.436. The molecular weight excluding hydrogens is 328 g/mol. The topological polar surface area (TPSA) is 50.4 Å². The second-order valence-electron chi connectivity index (χ2n) is 5.16. The molecule has 1 aromatic heterocycles. The molecule has 2 N–H and O–H groups in total. The van der Waals surface area contributed by atoms with Gasteiger partial charge < -0.3 is 15.4 Å². The number of hydrogen-bond donors (Lipinski definition) is 2. The Morgan fingerprint density at radius 2 is 2.11 bits per heavy atom. The summed E-state index contributed by atoms with van der Waals surface area (Å²) in [7, 11) is 0. The van der Waals surface area contributed by atoms with E-state index in [1.54, 1.807) is 11.3 Å². The van der Waals surface area contributed by atoms with E-state index in [0.29, 0.717) is 6.54 Å². The van der Waals surface area contributed by atoms with Crippen LogP contribution in [0.3, 0.4) is 0 Å². The number of ether oxygens (including phenoxy) is 1. The summed E-state index contributed by atoms with van der Waals surface area (Å²) in [6, 6.07) is 4.15. The van der Waals surface area contributed by atoms with Gasteiger partial charge in [0.15, 0.2) is 0 Å². The molecule has 0 atom stereocenters. The lowest BCUT2D eigenvalue weighted by Crippen LogP contribution is -2.33. The maximum absolute atomic E-state index is 11.4. The van der Waals surface area contributed by atoms with Crippen LogP contribution in [0.5, 0.6) is 0 Å². The highest BCUT2D eigenvalue weighted by Gasteiger charge is 2.15. The van der Waals surface area contributed by atoms with E-state index < -0.39 is 5.60 Å². The van der Waals surface area contributed by atoms with Crippen molar-refractivity contribution in [3.63, 3.8) is 0 Å². The first-order chi connectivity index (χ1) is 8.87. The Balaban J connectivity index is 2.01. The summed E-state index contributed by atoms with van der Waals surface area (Å²) in [5.74, 6) is 0. The Morgan fingerprint density at radius 3 is 2.68 bits per heavy atom.